The van der Waals surface area contributed by atoms with Crippen molar-refractivity contribution in [1.82, 2.24) is 10.6 Å². The highest BCUT2D eigenvalue weighted by Crippen LogP contribution is 2.05. The zero-order valence-electron chi connectivity index (χ0n) is 22.2. The number of hydrogen-bond donors (Lipinski definition) is 3. The fraction of sp³-hybridized carbons (Fsp3) is 0.593. The van der Waals surface area contributed by atoms with Gasteiger partial charge in [0, 0.05) is 32.2 Å². The molecule has 0 spiro atoms. The molecule has 1 unspecified atom stereocenters. The number of benzene rings is 1. The van der Waals surface area contributed by atoms with Crippen LogP contribution in [0, 0.1) is 5.41 Å². The van der Waals surface area contributed by atoms with Crippen LogP contribution in [0.3, 0.4) is 0 Å². The topological polar surface area (TPSA) is 153 Å². The molecule has 2 amide bonds. The Hall–Kier alpha value is -2.99. The SMILES string of the molecule is CC(=O)CCOCCOCCOCCOCCNC(=O)C(Cc1ccccc1)NC(=O)CCCC(=O)C=N. The lowest BCUT2D eigenvalue weighted by atomic mass is 10.0. The van der Waals surface area contributed by atoms with Crippen molar-refractivity contribution in [3.63, 3.8) is 0 Å². The van der Waals surface area contributed by atoms with Crippen molar-refractivity contribution in [2.24, 2.45) is 0 Å². The number of nitrogens with one attached hydrogen (secondary N) is 3. The van der Waals surface area contributed by atoms with Gasteiger partial charge in [0.2, 0.25) is 11.8 Å². The molecule has 11 nitrogen and oxygen atoms in total. The van der Waals surface area contributed by atoms with E-state index in [0.717, 1.165) is 11.8 Å². The van der Waals surface area contributed by atoms with Crippen LogP contribution >= 0.6 is 0 Å². The molecule has 1 aromatic rings. The van der Waals surface area contributed by atoms with Crippen molar-refractivity contribution in [2.45, 2.75) is 45.1 Å². The minimum absolute atomic E-state index is 0.0984. The zero-order chi connectivity index (χ0) is 27.8. The molecule has 0 aliphatic carbocycles. The number of hydrogen-bond acceptors (Lipinski definition) is 9. The van der Waals surface area contributed by atoms with Gasteiger partial charge in [-0.15, -0.1) is 0 Å². The molecule has 0 saturated carbocycles. The lowest BCUT2D eigenvalue weighted by Crippen LogP contribution is -2.48. The van der Waals surface area contributed by atoms with Crippen molar-refractivity contribution < 1.29 is 38.1 Å². The number of Topliss-reactive ketones (excluding diaryl/α,β-unsaturated/α-hetero) is 2. The third-order valence-electron chi connectivity index (χ3n) is 5.18. The number of ketones is 2. The minimum atomic E-state index is -0.758. The fourth-order valence-corrected chi connectivity index (χ4v) is 3.17. The second kappa shape index (κ2) is 22.0. The van der Waals surface area contributed by atoms with Gasteiger partial charge in [-0.1, -0.05) is 30.3 Å². The number of carbonyl (C=O) groups excluding carboxylic acids is 4. The quantitative estimate of drug-likeness (QED) is 0.132. The standard InChI is InChI=1S/C27H41N3O8/c1-22(31)10-12-35-14-16-37-18-19-38-17-15-36-13-11-29-27(34)25(20-23-6-3-2-4-7-23)30-26(33)9-5-8-24(32)21-28/h2-4,6-7,21,25,28H,5,8-20H2,1H3,(H,29,34)(H,30,33). The number of carbonyl (C=O) groups is 4. The summed E-state index contributed by atoms with van der Waals surface area (Å²) in [4.78, 5) is 47.1. The van der Waals surface area contributed by atoms with E-state index in [2.05, 4.69) is 10.6 Å². The molecule has 38 heavy (non-hydrogen) atoms. The fourth-order valence-electron chi connectivity index (χ4n) is 3.17. The smallest absolute Gasteiger partial charge is 0.243 e. The Bertz CT molecular complexity index is 835. The summed E-state index contributed by atoms with van der Waals surface area (Å²) in [6.07, 6.45) is 2.03. The molecule has 0 aromatic heterocycles. The van der Waals surface area contributed by atoms with E-state index in [-0.39, 0.29) is 42.8 Å². The summed E-state index contributed by atoms with van der Waals surface area (Å²) < 4.78 is 21.5. The van der Waals surface area contributed by atoms with Crippen LogP contribution in [0.4, 0.5) is 0 Å². The summed E-state index contributed by atoms with van der Waals surface area (Å²) in [6.45, 7) is 4.98. The van der Waals surface area contributed by atoms with Gasteiger partial charge < -0.3 is 35.0 Å². The van der Waals surface area contributed by atoms with Crippen LogP contribution in [0.15, 0.2) is 30.3 Å². The predicted octanol–water partition coefficient (Wildman–Crippen LogP) is 1.26. The van der Waals surface area contributed by atoms with Crippen LogP contribution in [-0.4, -0.2) is 95.0 Å². The molecule has 0 saturated heterocycles. The van der Waals surface area contributed by atoms with E-state index in [1.165, 1.54) is 6.92 Å². The molecular weight excluding hydrogens is 494 g/mol. The lowest BCUT2D eigenvalue weighted by molar-refractivity contribution is -0.129. The van der Waals surface area contributed by atoms with Crippen LogP contribution < -0.4 is 10.6 Å². The minimum Gasteiger partial charge on any atom is -0.379 e. The van der Waals surface area contributed by atoms with Crippen LogP contribution in [0.5, 0.6) is 0 Å². The molecule has 212 valence electrons. The summed E-state index contributed by atoms with van der Waals surface area (Å²) >= 11 is 0. The Morgan fingerprint density at radius 1 is 0.816 bits per heavy atom. The summed E-state index contributed by atoms with van der Waals surface area (Å²) in [6, 6.07) is 8.61. The largest absolute Gasteiger partial charge is 0.379 e. The predicted molar refractivity (Wildman–Crippen MR) is 141 cm³/mol. The monoisotopic (exact) mass is 535 g/mol. The van der Waals surface area contributed by atoms with E-state index < -0.39 is 6.04 Å². The third-order valence-corrected chi connectivity index (χ3v) is 5.18. The molecule has 0 aliphatic rings. The average Bonchev–Trinajstić information content (AvgIpc) is 2.90. The van der Waals surface area contributed by atoms with Crippen molar-refractivity contribution >= 4 is 29.6 Å². The second-order valence-electron chi connectivity index (χ2n) is 8.47. The molecular formula is C27H41N3O8. The molecule has 1 aromatic carbocycles. The van der Waals surface area contributed by atoms with Gasteiger partial charge in [0.15, 0.2) is 5.78 Å². The van der Waals surface area contributed by atoms with Gasteiger partial charge in [0.05, 0.1) is 59.1 Å². The number of rotatable bonds is 24. The van der Waals surface area contributed by atoms with E-state index in [1.54, 1.807) is 0 Å². The van der Waals surface area contributed by atoms with Crippen LogP contribution in [-0.2, 0) is 44.5 Å². The van der Waals surface area contributed by atoms with E-state index in [4.69, 9.17) is 24.4 Å². The van der Waals surface area contributed by atoms with Crippen LogP contribution in [0.1, 0.15) is 38.2 Å². The maximum atomic E-state index is 12.7. The molecule has 0 radical (unpaired) electrons. The summed E-state index contributed by atoms with van der Waals surface area (Å²) in [5.74, 6) is -0.876. The highest BCUT2D eigenvalue weighted by Gasteiger charge is 2.21. The first-order valence-corrected chi connectivity index (χ1v) is 12.9. The third kappa shape index (κ3) is 18.3. The molecule has 0 bridgehead atoms. The first-order chi connectivity index (χ1) is 18.4. The Morgan fingerprint density at radius 3 is 1.97 bits per heavy atom. The average molecular weight is 536 g/mol. The van der Waals surface area contributed by atoms with E-state index in [9.17, 15) is 19.2 Å². The van der Waals surface area contributed by atoms with Crippen LogP contribution in [0.25, 0.3) is 0 Å². The van der Waals surface area contributed by atoms with Gasteiger partial charge in [0.25, 0.3) is 0 Å². The summed E-state index contributed by atoms with van der Waals surface area (Å²) in [7, 11) is 0. The Balaban J connectivity index is 2.19. The molecule has 0 fully saturated rings. The number of ether oxygens (including phenoxy) is 4. The van der Waals surface area contributed by atoms with Crippen molar-refractivity contribution in [1.29, 1.82) is 5.41 Å². The molecule has 1 rings (SSSR count). The second-order valence-corrected chi connectivity index (χ2v) is 8.47. The molecule has 11 heteroatoms. The molecule has 0 heterocycles. The van der Waals surface area contributed by atoms with E-state index in [0.29, 0.717) is 72.1 Å². The normalized spacial score (nSPS) is 11.5. The van der Waals surface area contributed by atoms with Crippen LogP contribution in [0.2, 0.25) is 0 Å². The summed E-state index contributed by atoms with van der Waals surface area (Å²) in [5, 5.41) is 12.4. The number of amides is 2. The molecule has 1 atom stereocenters. The Morgan fingerprint density at radius 2 is 1.39 bits per heavy atom. The Labute approximate surface area is 224 Å². The highest BCUT2D eigenvalue weighted by atomic mass is 16.6. The van der Waals surface area contributed by atoms with Gasteiger partial charge in [-0.3, -0.25) is 19.2 Å². The first-order valence-electron chi connectivity index (χ1n) is 12.9. The van der Waals surface area contributed by atoms with E-state index in [1.807, 2.05) is 30.3 Å². The van der Waals surface area contributed by atoms with Gasteiger partial charge >= 0.3 is 0 Å². The van der Waals surface area contributed by atoms with Gasteiger partial charge in [-0.05, 0) is 18.9 Å². The lowest BCUT2D eigenvalue weighted by Gasteiger charge is -2.19. The van der Waals surface area contributed by atoms with Crippen molar-refractivity contribution in [2.75, 3.05) is 59.4 Å². The van der Waals surface area contributed by atoms with Gasteiger partial charge in [-0.2, -0.15) is 0 Å². The van der Waals surface area contributed by atoms with E-state index >= 15 is 0 Å². The maximum absolute atomic E-state index is 12.7. The van der Waals surface area contributed by atoms with Gasteiger partial charge in [0.1, 0.15) is 11.8 Å². The highest BCUT2D eigenvalue weighted by molar-refractivity contribution is 6.26. The first kappa shape index (κ1) is 33.0. The molecule has 3 N–H and O–H groups in total. The maximum Gasteiger partial charge on any atom is 0.243 e. The zero-order valence-corrected chi connectivity index (χ0v) is 22.2. The van der Waals surface area contributed by atoms with Crippen molar-refractivity contribution in [3.05, 3.63) is 35.9 Å². The summed E-state index contributed by atoms with van der Waals surface area (Å²) in [5.41, 5.74) is 0.907. The van der Waals surface area contributed by atoms with Gasteiger partial charge in [-0.25, -0.2) is 0 Å². The van der Waals surface area contributed by atoms with Crippen molar-refractivity contribution in [3.8, 4) is 0 Å². The molecule has 0 aliphatic heterocycles. The Kier molecular flexibility index (Phi) is 19.2.